The Bertz CT molecular complexity index is 387. The van der Waals surface area contributed by atoms with Gasteiger partial charge >= 0.3 is 0 Å². The van der Waals surface area contributed by atoms with Crippen molar-refractivity contribution in [2.75, 3.05) is 5.32 Å². The molecule has 0 saturated heterocycles. The number of thiazole rings is 1. The number of nitrogens with two attached hydrogens (primary N) is 1. The molecule has 1 saturated carbocycles. The normalized spacial score (nSPS) is 16.8. The van der Waals surface area contributed by atoms with E-state index < -0.39 is 6.04 Å². The Morgan fingerprint density at radius 2 is 2.47 bits per heavy atom. The first-order chi connectivity index (χ1) is 8.20. The van der Waals surface area contributed by atoms with Gasteiger partial charge in [0.25, 0.3) is 0 Å². The van der Waals surface area contributed by atoms with Crippen LogP contribution in [0, 0.1) is 0 Å². The third kappa shape index (κ3) is 3.51. The summed E-state index contributed by atoms with van der Waals surface area (Å²) >= 11 is 1.49. The molecule has 1 aromatic rings. The van der Waals surface area contributed by atoms with E-state index in [9.17, 15) is 4.79 Å². The van der Waals surface area contributed by atoms with Gasteiger partial charge in [-0.3, -0.25) is 4.79 Å². The zero-order valence-corrected chi connectivity index (χ0v) is 10.9. The summed E-state index contributed by atoms with van der Waals surface area (Å²) < 4.78 is 0. The van der Waals surface area contributed by atoms with Crippen LogP contribution in [0.15, 0.2) is 5.38 Å². The number of anilines is 1. The van der Waals surface area contributed by atoms with E-state index in [0.29, 0.717) is 11.0 Å². The van der Waals surface area contributed by atoms with Crippen molar-refractivity contribution in [1.82, 2.24) is 4.98 Å². The molecule has 3 N–H and O–H groups in total. The van der Waals surface area contributed by atoms with Crippen molar-refractivity contribution in [1.29, 1.82) is 0 Å². The van der Waals surface area contributed by atoms with Crippen molar-refractivity contribution in [3.8, 4) is 0 Å². The molecular formula is C12H19N3OS. The molecule has 1 fully saturated rings. The third-order valence-electron chi connectivity index (χ3n) is 2.95. The molecule has 4 nitrogen and oxygen atoms in total. The fourth-order valence-corrected chi connectivity index (χ4v) is 2.46. The number of carbonyl (C=O) groups excluding carboxylic acids is 1. The molecule has 1 aromatic heterocycles. The average Bonchev–Trinajstić information content (AvgIpc) is 3.07. The maximum Gasteiger partial charge on any atom is 0.243 e. The van der Waals surface area contributed by atoms with Crippen molar-refractivity contribution < 1.29 is 4.79 Å². The molecule has 0 radical (unpaired) electrons. The molecule has 0 bridgehead atoms. The van der Waals surface area contributed by atoms with Crippen LogP contribution in [0.3, 0.4) is 0 Å². The van der Waals surface area contributed by atoms with Crippen molar-refractivity contribution in [2.45, 2.75) is 51.0 Å². The van der Waals surface area contributed by atoms with E-state index in [2.05, 4.69) is 17.2 Å². The fourth-order valence-electron chi connectivity index (χ4n) is 1.66. The van der Waals surface area contributed by atoms with Gasteiger partial charge < -0.3 is 11.1 Å². The van der Waals surface area contributed by atoms with Crippen LogP contribution in [0.2, 0.25) is 0 Å². The van der Waals surface area contributed by atoms with Gasteiger partial charge in [-0.1, -0.05) is 19.8 Å². The molecule has 0 aromatic carbocycles. The molecule has 0 spiro atoms. The molecule has 94 valence electrons. The number of amides is 1. The highest BCUT2D eigenvalue weighted by molar-refractivity contribution is 7.13. The minimum atomic E-state index is -0.414. The van der Waals surface area contributed by atoms with Crippen molar-refractivity contribution >= 4 is 22.4 Å². The van der Waals surface area contributed by atoms with E-state index in [0.717, 1.165) is 25.0 Å². The molecule has 1 unspecified atom stereocenters. The predicted molar refractivity (Wildman–Crippen MR) is 70.2 cm³/mol. The second-order valence-electron chi connectivity index (χ2n) is 4.59. The quantitative estimate of drug-likeness (QED) is 0.818. The lowest BCUT2D eigenvalue weighted by atomic mass is 10.1. The average molecular weight is 253 g/mol. The number of unbranched alkanes of at least 4 members (excludes halogenated alkanes) is 1. The molecular weight excluding hydrogens is 234 g/mol. The Morgan fingerprint density at radius 1 is 1.71 bits per heavy atom. The maximum atomic E-state index is 11.7. The monoisotopic (exact) mass is 253 g/mol. The van der Waals surface area contributed by atoms with E-state index in [1.54, 1.807) is 0 Å². The molecule has 0 aliphatic heterocycles. The van der Waals surface area contributed by atoms with Gasteiger partial charge in [0.05, 0.1) is 11.7 Å². The lowest BCUT2D eigenvalue weighted by Crippen LogP contribution is -2.35. The Morgan fingerprint density at radius 3 is 3.12 bits per heavy atom. The molecule has 1 heterocycles. The highest BCUT2D eigenvalue weighted by Gasteiger charge is 2.26. The number of nitrogens with zero attached hydrogens (tertiary/aromatic N) is 1. The van der Waals surface area contributed by atoms with Crippen LogP contribution in [0.5, 0.6) is 0 Å². The number of nitrogens with one attached hydrogen (secondary N) is 1. The van der Waals surface area contributed by atoms with Crippen molar-refractivity contribution in [3.05, 3.63) is 11.1 Å². The van der Waals surface area contributed by atoms with Gasteiger partial charge in [0.15, 0.2) is 5.13 Å². The molecule has 2 rings (SSSR count). The van der Waals surface area contributed by atoms with Crippen molar-refractivity contribution in [2.24, 2.45) is 5.73 Å². The Hall–Kier alpha value is -0.940. The van der Waals surface area contributed by atoms with Crippen LogP contribution in [0.1, 0.15) is 50.6 Å². The number of carbonyl (C=O) groups is 1. The van der Waals surface area contributed by atoms with Gasteiger partial charge in [-0.15, -0.1) is 11.3 Å². The van der Waals surface area contributed by atoms with Gasteiger partial charge in [-0.05, 0) is 19.3 Å². The van der Waals surface area contributed by atoms with Gasteiger partial charge in [0.2, 0.25) is 5.91 Å². The molecule has 1 aliphatic rings. The highest BCUT2D eigenvalue weighted by Crippen LogP contribution is 2.40. The second-order valence-corrected chi connectivity index (χ2v) is 5.45. The van der Waals surface area contributed by atoms with Crippen LogP contribution in [-0.2, 0) is 4.79 Å². The van der Waals surface area contributed by atoms with Gasteiger partial charge in [-0.2, -0.15) is 0 Å². The van der Waals surface area contributed by atoms with Crippen LogP contribution >= 0.6 is 11.3 Å². The Labute approximate surface area is 106 Å². The smallest absolute Gasteiger partial charge is 0.243 e. The topological polar surface area (TPSA) is 68.0 Å². The summed E-state index contributed by atoms with van der Waals surface area (Å²) in [6.45, 7) is 2.09. The Kier molecular flexibility index (Phi) is 4.12. The van der Waals surface area contributed by atoms with E-state index in [-0.39, 0.29) is 5.91 Å². The zero-order chi connectivity index (χ0) is 12.3. The van der Waals surface area contributed by atoms with Crippen LogP contribution < -0.4 is 11.1 Å². The summed E-state index contributed by atoms with van der Waals surface area (Å²) in [6.07, 6.45) is 5.24. The zero-order valence-electron chi connectivity index (χ0n) is 10.1. The molecule has 1 amide bonds. The van der Waals surface area contributed by atoms with Crippen LogP contribution in [-0.4, -0.2) is 16.9 Å². The number of hydrogen-bond acceptors (Lipinski definition) is 4. The summed E-state index contributed by atoms with van der Waals surface area (Å²) in [5.41, 5.74) is 6.91. The first kappa shape index (κ1) is 12.5. The first-order valence-electron chi connectivity index (χ1n) is 6.22. The van der Waals surface area contributed by atoms with E-state index in [1.807, 2.05) is 5.38 Å². The van der Waals surface area contributed by atoms with E-state index in [4.69, 9.17) is 5.73 Å². The minimum absolute atomic E-state index is 0.116. The summed E-state index contributed by atoms with van der Waals surface area (Å²) in [6, 6.07) is -0.414. The lowest BCUT2D eigenvalue weighted by molar-refractivity contribution is -0.117. The predicted octanol–water partition coefficient (Wildman–Crippen LogP) is 2.48. The van der Waals surface area contributed by atoms with Gasteiger partial charge in [0, 0.05) is 11.3 Å². The lowest BCUT2D eigenvalue weighted by Gasteiger charge is -2.09. The fraction of sp³-hybridized carbons (Fsp3) is 0.667. The number of rotatable bonds is 6. The van der Waals surface area contributed by atoms with E-state index in [1.165, 1.54) is 24.2 Å². The third-order valence-corrected chi connectivity index (χ3v) is 3.73. The SMILES string of the molecule is CCCCC(N)C(=O)Nc1nc(C2CC2)cs1. The van der Waals surface area contributed by atoms with Crippen LogP contribution in [0.4, 0.5) is 5.13 Å². The second kappa shape index (κ2) is 5.60. The maximum absolute atomic E-state index is 11.7. The van der Waals surface area contributed by atoms with Crippen LogP contribution in [0.25, 0.3) is 0 Å². The molecule has 17 heavy (non-hydrogen) atoms. The minimum Gasteiger partial charge on any atom is -0.320 e. The summed E-state index contributed by atoms with van der Waals surface area (Å²) in [4.78, 5) is 16.1. The van der Waals surface area contributed by atoms with Gasteiger partial charge in [0.1, 0.15) is 0 Å². The molecule has 5 heteroatoms. The standard InChI is InChI=1S/C12H19N3OS/c1-2-3-4-9(13)11(16)15-12-14-10(7-17-12)8-5-6-8/h7-9H,2-6,13H2,1H3,(H,14,15,16). The van der Waals surface area contributed by atoms with E-state index >= 15 is 0 Å². The summed E-state index contributed by atoms with van der Waals surface area (Å²) in [5.74, 6) is 0.515. The largest absolute Gasteiger partial charge is 0.320 e. The highest BCUT2D eigenvalue weighted by atomic mass is 32.1. The molecule has 1 atom stereocenters. The summed E-state index contributed by atoms with van der Waals surface area (Å²) in [5, 5.41) is 5.51. The Balaban J connectivity index is 1.83. The summed E-state index contributed by atoms with van der Waals surface area (Å²) in [7, 11) is 0. The van der Waals surface area contributed by atoms with Crippen molar-refractivity contribution in [3.63, 3.8) is 0 Å². The number of hydrogen-bond donors (Lipinski definition) is 2. The number of aromatic nitrogens is 1. The van der Waals surface area contributed by atoms with Gasteiger partial charge in [-0.25, -0.2) is 4.98 Å². The molecule has 1 aliphatic carbocycles. The first-order valence-corrected chi connectivity index (χ1v) is 7.10.